The molecule has 21 aliphatic rings. The first-order valence-corrected chi connectivity index (χ1v) is 26.7. The highest BCUT2D eigenvalue weighted by atomic mass is 16.8. The van der Waals surface area contributed by atoms with Crippen LogP contribution in [0, 0.1) is 0 Å². The van der Waals surface area contributed by atoms with Crippen molar-refractivity contribution in [1.29, 1.82) is 0 Å². The molecule has 0 spiro atoms. The number of aliphatic hydroxyl groups is 20. The molecular formula is C46H80N2O34. The third-order valence-electron chi connectivity index (χ3n) is 15.7. The van der Waals surface area contributed by atoms with Crippen molar-refractivity contribution >= 4 is 0 Å². The molecule has 21 aliphatic heterocycles. The van der Waals surface area contributed by atoms with Gasteiger partial charge in [0.1, 0.15) is 171 Å². The molecule has 0 saturated carbocycles. The molecule has 21 N–H and O–H groups in total. The van der Waals surface area contributed by atoms with E-state index >= 15 is 0 Å². The molecule has 14 bridgehead atoms. The van der Waals surface area contributed by atoms with Crippen molar-refractivity contribution in [1.82, 2.24) is 10.2 Å². The zero-order valence-corrected chi connectivity index (χ0v) is 44.2. The number of aliphatic hydroxyl groups excluding tert-OH is 20. The van der Waals surface area contributed by atoms with Crippen molar-refractivity contribution in [2.24, 2.45) is 0 Å². The van der Waals surface area contributed by atoms with E-state index in [0.29, 0.717) is 6.54 Å². The van der Waals surface area contributed by atoms with E-state index in [1.807, 2.05) is 4.90 Å². The fourth-order valence-electron chi connectivity index (χ4n) is 11.0. The molecule has 21 saturated heterocycles. The summed E-state index contributed by atoms with van der Waals surface area (Å²) in [6.07, 6.45) is -68.9. The van der Waals surface area contributed by atoms with Gasteiger partial charge in [-0.05, 0) is 14.1 Å². The van der Waals surface area contributed by atoms with Gasteiger partial charge >= 0.3 is 0 Å². The van der Waals surface area contributed by atoms with Crippen LogP contribution in [0.3, 0.4) is 0 Å². The summed E-state index contributed by atoms with van der Waals surface area (Å²) in [5.74, 6) is 0. The Hall–Kier alpha value is -1.44. The fourth-order valence-corrected chi connectivity index (χ4v) is 11.0. The van der Waals surface area contributed by atoms with Crippen LogP contribution in [0.2, 0.25) is 0 Å². The summed E-state index contributed by atoms with van der Waals surface area (Å²) >= 11 is 0. The second-order valence-electron chi connectivity index (χ2n) is 21.5. The predicted octanol–water partition coefficient (Wildman–Crippen LogP) is -15.1. The monoisotopic (exact) mass is 1200 g/mol. The second-order valence-corrected chi connectivity index (χ2v) is 21.5. The highest BCUT2D eigenvalue weighted by Crippen LogP contribution is 2.39. The molecule has 21 fully saturated rings. The van der Waals surface area contributed by atoms with Gasteiger partial charge in [-0.25, -0.2) is 0 Å². The first-order valence-electron chi connectivity index (χ1n) is 26.7. The van der Waals surface area contributed by atoms with Crippen molar-refractivity contribution in [2.75, 3.05) is 73.4 Å². The molecule has 0 amide bonds. The number of hydrogen-bond acceptors (Lipinski definition) is 36. The Morgan fingerprint density at radius 1 is 0.256 bits per heavy atom. The molecule has 478 valence electrons. The molecule has 0 aromatic carbocycles. The van der Waals surface area contributed by atoms with Gasteiger partial charge in [0, 0.05) is 19.6 Å². The SMILES string of the molecule is CN(C)CCNC[C@H]1O[C@@H]2O[C@H]3[C@H](O)[C@@H](O)[C@@H](O[C@H]4[C@H](O)[C@@H](O)[C@@H](O[C@H]5[C@H](O)[C@@H](O)[C@@H](O[C@H]6[C@H](O)[C@@H](O)[C@@H](O[C@H]7[C@H](O)[C@@H](O)[C@@H](O[C@H]8[C@H](O)[C@@H](O)[C@@H](O[C@H]1[C@H](O)[C@H]2O)O[C@@H]8CO)O[C@@H]7CO)O[C@@H]6CO)O[C@@H]5CO)O[C@@H]4CO)O[C@@H]3CO. The summed E-state index contributed by atoms with van der Waals surface area (Å²) in [5, 5.41) is 226. The average molecular weight is 1210 g/mol. The van der Waals surface area contributed by atoms with Crippen LogP contribution in [0.15, 0.2) is 0 Å². The fraction of sp³-hybridized carbons (Fsp3) is 1.00. The van der Waals surface area contributed by atoms with Gasteiger partial charge in [-0.1, -0.05) is 0 Å². The highest BCUT2D eigenvalue weighted by Gasteiger charge is 2.59. The van der Waals surface area contributed by atoms with Gasteiger partial charge < -0.3 is 179 Å². The summed E-state index contributed by atoms with van der Waals surface area (Å²) in [7, 11) is 3.56. The van der Waals surface area contributed by atoms with E-state index in [2.05, 4.69) is 5.32 Å². The lowest BCUT2D eigenvalue weighted by Gasteiger charge is -2.50. The van der Waals surface area contributed by atoms with Crippen LogP contribution in [0.1, 0.15) is 0 Å². The van der Waals surface area contributed by atoms with Gasteiger partial charge in [0.25, 0.3) is 0 Å². The second kappa shape index (κ2) is 28.8. The minimum absolute atomic E-state index is 0.220. The molecule has 35 atom stereocenters. The molecule has 0 radical (unpaired) electrons. The van der Waals surface area contributed by atoms with Crippen LogP contribution in [0.4, 0.5) is 0 Å². The first-order chi connectivity index (χ1) is 39.0. The number of rotatable bonds is 11. The quantitative estimate of drug-likeness (QED) is 0.0854. The lowest BCUT2D eigenvalue weighted by Crippen LogP contribution is -2.68. The topological polar surface area (TPSA) is 549 Å². The van der Waals surface area contributed by atoms with Crippen molar-refractivity contribution < 1.29 is 168 Å². The van der Waals surface area contributed by atoms with Crippen molar-refractivity contribution in [3.05, 3.63) is 0 Å². The number of likely N-dealkylation sites (N-methyl/N-ethyl adjacent to an activating group) is 1. The van der Waals surface area contributed by atoms with Crippen LogP contribution in [0.5, 0.6) is 0 Å². The van der Waals surface area contributed by atoms with Gasteiger partial charge in [-0.15, -0.1) is 0 Å². The summed E-state index contributed by atoms with van der Waals surface area (Å²) in [6, 6.07) is 0. The van der Waals surface area contributed by atoms with Gasteiger partial charge in [-0.2, -0.15) is 0 Å². The van der Waals surface area contributed by atoms with Crippen molar-refractivity contribution in [2.45, 2.75) is 215 Å². The van der Waals surface area contributed by atoms with E-state index < -0.39 is 255 Å². The molecule has 21 heterocycles. The van der Waals surface area contributed by atoms with E-state index in [9.17, 15) is 102 Å². The van der Waals surface area contributed by atoms with Crippen molar-refractivity contribution in [3.8, 4) is 0 Å². The Balaban J connectivity index is 1.09. The maximum Gasteiger partial charge on any atom is 0.187 e. The average Bonchev–Trinajstić information content (AvgIpc) is 3.67. The van der Waals surface area contributed by atoms with Crippen LogP contribution < -0.4 is 5.32 Å². The van der Waals surface area contributed by atoms with E-state index in [-0.39, 0.29) is 13.1 Å². The van der Waals surface area contributed by atoms with E-state index in [0.717, 1.165) is 0 Å². The molecule has 82 heavy (non-hydrogen) atoms. The largest absolute Gasteiger partial charge is 0.394 e. The zero-order chi connectivity index (χ0) is 59.8. The Morgan fingerprint density at radius 2 is 0.427 bits per heavy atom. The molecular weight excluding hydrogens is 1120 g/mol. The van der Waals surface area contributed by atoms with Gasteiger partial charge in [-0.3, -0.25) is 0 Å². The van der Waals surface area contributed by atoms with Crippen LogP contribution in [0.25, 0.3) is 0 Å². The Labute approximate surface area is 466 Å². The number of nitrogens with one attached hydrogen (secondary N) is 1. The minimum atomic E-state index is -2.20. The van der Waals surface area contributed by atoms with E-state index in [4.69, 9.17) is 66.3 Å². The summed E-state index contributed by atoms with van der Waals surface area (Å²) < 4.78 is 81.1. The maximum absolute atomic E-state index is 11.7. The number of nitrogens with zero attached hydrogens (tertiary/aromatic N) is 1. The van der Waals surface area contributed by atoms with Gasteiger partial charge in [0.05, 0.1) is 39.6 Å². The third kappa shape index (κ3) is 13.7. The predicted molar refractivity (Wildman–Crippen MR) is 253 cm³/mol. The Morgan fingerprint density at radius 3 is 0.598 bits per heavy atom. The standard InChI is InChI=1S/C46H80N2O34/c1-48(2)4-3-47-5-12-33-19(55)26(62)40(69-12)77-34-13(6-49)71-42(28(64)21(34)57)79-36-15(8-51)73-44(30(66)23(36)59)81-38-17(10-53)75-46(32(68)25(38)61)82-39-18(11-54)74-45(31(67)24(39)60)80-37-16(9-52)72-43(29(65)22(37)58)78-35-14(7-50)70-41(76-33)27(63)20(35)56/h12-47,49-68H,3-11H2,1-2H3/t12-,13-,14-,15-,16-,17-,18-,19-,20-,21-,22-,23-,24-,25-,26-,27-,28-,29-,30-,31-,32-,33-,34-,35-,36-,37-,38-,39-,40-,41-,42-,43-,44-,45-,46-/m1/s1. The van der Waals surface area contributed by atoms with Gasteiger partial charge in [0.15, 0.2) is 44.0 Å². The molecule has 0 aliphatic carbocycles. The first kappa shape index (κ1) is 66.5. The summed E-state index contributed by atoms with van der Waals surface area (Å²) in [5.41, 5.74) is 0. The normalized spacial score (nSPS) is 52.8. The smallest absolute Gasteiger partial charge is 0.187 e. The summed E-state index contributed by atoms with van der Waals surface area (Å²) in [4.78, 5) is 1.82. The lowest BCUT2D eigenvalue weighted by molar-refractivity contribution is -0.396. The van der Waals surface area contributed by atoms with E-state index in [1.54, 1.807) is 14.1 Å². The van der Waals surface area contributed by atoms with Crippen LogP contribution in [-0.2, 0) is 66.3 Å². The lowest BCUT2D eigenvalue weighted by atomic mass is 9.95. The number of hydrogen-bond donors (Lipinski definition) is 21. The Bertz CT molecular complexity index is 1930. The minimum Gasteiger partial charge on any atom is -0.394 e. The summed E-state index contributed by atoms with van der Waals surface area (Å²) in [6.45, 7) is -5.64. The van der Waals surface area contributed by atoms with Crippen LogP contribution in [-0.4, -0.2) is 395 Å². The molecule has 36 heteroatoms. The zero-order valence-electron chi connectivity index (χ0n) is 44.2. The molecule has 0 unspecified atom stereocenters. The van der Waals surface area contributed by atoms with E-state index in [1.165, 1.54) is 0 Å². The van der Waals surface area contributed by atoms with Crippen molar-refractivity contribution in [3.63, 3.8) is 0 Å². The molecule has 36 nitrogen and oxygen atoms in total. The third-order valence-corrected chi connectivity index (χ3v) is 15.7. The highest BCUT2D eigenvalue weighted by molar-refractivity contribution is 5.02. The van der Waals surface area contributed by atoms with Gasteiger partial charge in [0.2, 0.25) is 0 Å². The Kier molecular flexibility index (Phi) is 23.4. The van der Waals surface area contributed by atoms with Crippen LogP contribution >= 0.6 is 0 Å². The molecule has 0 aromatic rings. The molecule has 21 rings (SSSR count). The maximum atomic E-state index is 11.7. The molecule has 0 aromatic heterocycles. The number of ether oxygens (including phenoxy) is 14.